The molecule has 2 rings (SSSR count). The zero-order valence-electron chi connectivity index (χ0n) is 17.1. The normalized spacial score (nSPS) is 18.1. The van der Waals surface area contributed by atoms with Crippen molar-refractivity contribution < 1.29 is 4.52 Å². The molecule has 0 bridgehead atoms. The lowest BCUT2D eigenvalue weighted by atomic mass is 10.1. The molecule has 1 saturated heterocycles. The van der Waals surface area contributed by atoms with Gasteiger partial charge in [-0.3, -0.25) is 4.90 Å². The van der Waals surface area contributed by atoms with E-state index in [0.29, 0.717) is 12.6 Å². The Bertz CT molecular complexity index is 541. The highest BCUT2D eigenvalue weighted by atomic mass is 16.5. The largest absolute Gasteiger partial charge is 0.361 e. The fourth-order valence-corrected chi connectivity index (χ4v) is 3.25. The van der Waals surface area contributed by atoms with E-state index in [1.165, 1.54) is 0 Å². The third kappa shape index (κ3) is 5.71. The summed E-state index contributed by atoms with van der Waals surface area (Å²) in [5.41, 5.74) is 2.16. The second kappa shape index (κ2) is 10.5. The third-order valence-electron chi connectivity index (χ3n) is 5.07. The van der Waals surface area contributed by atoms with Crippen LogP contribution in [-0.2, 0) is 19.4 Å². The van der Waals surface area contributed by atoms with E-state index in [9.17, 15) is 0 Å². The fraction of sp³-hybridized carbons (Fsp3) is 0.789. The molecular formula is C19H36N6O. The maximum Gasteiger partial charge on any atom is 0.191 e. The maximum absolute atomic E-state index is 5.44. The first-order chi connectivity index (χ1) is 12.6. The predicted molar refractivity (Wildman–Crippen MR) is 107 cm³/mol. The molecule has 0 amide bonds. The Hall–Kier alpha value is -1.60. The van der Waals surface area contributed by atoms with Crippen LogP contribution in [0.25, 0.3) is 0 Å². The lowest BCUT2D eigenvalue weighted by Crippen LogP contribution is -2.52. The van der Waals surface area contributed by atoms with E-state index in [2.05, 4.69) is 60.3 Å². The van der Waals surface area contributed by atoms with Gasteiger partial charge in [-0.1, -0.05) is 19.0 Å². The quantitative estimate of drug-likeness (QED) is 0.538. The molecule has 0 saturated carbocycles. The van der Waals surface area contributed by atoms with E-state index in [4.69, 9.17) is 9.52 Å². The first kappa shape index (κ1) is 20.7. The molecular weight excluding hydrogens is 328 g/mol. The van der Waals surface area contributed by atoms with Crippen molar-refractivity contribution in [2.45, 2.75) is 53.1 Å². The number of hydrogen-bond acceptors (Lipinski definition) is 5. The number of aliphatic imine (C=N–C) groups is 1. The van der Waals surface area contributed by atoms with E-state index in [-0.39, 0.29) is 0 Å². The minimum absolute atomic E-state index is 0.487. The molecule has 2 heterocycles. The van der Waals surface area contributed by atoms with Crippen LogP contribution in [0.4, 0.5) is 0 Å². The zero-order valence-corrected chi connectivity index (χ0v) is 17.1. The number of guanidine groups is 1. The summed E-state index contributed by atoms with van der Waals surface area (Å²) in [5.74, 6) is 1.81. The van der Waals surface area contributed by atoms with Gasteiger partial charge >= 0.3 is 0 Å². The van der Waals surface area contributed by atoms with Crippen LogP contribution in [0.3, 0.4) is 0 Å². The van der Waals surface area contributed by atoms with Crippen molar-refractivity contribution in [2.24, 2.45) is 4.99 Å². The Labute approximate surface area is 158 Å². The average molecular weight is 365 g/mol. The molecule has 0 spiro atoms. The van der Waals surface area contributed by atoms with Crippen LogP contribution < -0.4 is 10.6 Å². The van der Waals surface area contributed by atoms with Crippen LogP contribution in [0.2, 0.25) is 0 Å². The summed E-state index contributed by atoms with van der Waals surface area (Å²) in [6, 6.07) is 0.487. The first-order valence-electron chi connectivity index (χ1n) is 10.00. The fourth-order valence-electron chi connectivity index (χ4n) is 3.25. The molecule has 148 valence electrons. The molecule has 0 radical (unpaired) electrons. The van der Waals surface area contributed by atoms with Gasteiger partial charge < -0.3 is 20.1 Å². The predicted octanol–water partition coefficient (Wildman–Crippen LogP) is 1.49. The Balaban J connectivity index is 1.93. The molecule has 1 aliphatic heterocycles. The highest BCUT2D eigenvalue weighted by Gasteiger charge is 2.19. The van der Waals surface area contributed by atoms with Crippen LogP contribution in [0, 0.1) is 0 Å². The van der Waals surface area contributed by atoms with Gasteiger partial charge in [0.2, 0.25) is 0 Å². The standard InChI is InChI=1S/C19H36N6O/c1-6-17-16(18(7-2)26-23-17)14-22-19(20-8-3)21-13-15(4)25-11-9-24(5)10-12-25/h15H,6-14H2,1-5H3,(H2,20,21,22). The minimum atomic E-state index is 0.487. The van der Waals surface area contributed by atoms with Gasteiger partial charge in [-0.05, 0) is 27.3 Å². The van der Waals surface area contributed by atoms with Gasteiger partial charge in [0.25, 0.3) is 0 Å². The number of nitrogens with one attached hydrogen (secondary N) is 2. The van der Waals surface area contributed by atoms with Crippen molar-refractivity contribution in [1.82, 2.24) is 25.6 Å². The van der Waals surface area contributed by atoms with E-state index in [0.717, 1.165) is 75.1 Å². The second-order valence-corrected chi connectivity index (χ2v) is 7.00. The molecule has 0 aromatic carbocycles. The lowest BCUT2D eigenvalue weighted by molar-refractivity contribution is 0.120. The van der Waals surface area contributed by atoms with E-state index < -0.39 is 0 Å². The number of piperazine rings is 1. The monoisotopic (exact) mass is 364 g/mol. The molecule has 1 aromatic rings. The van der Waals surface area contributed by atoms with Gasteiger partial charge in [-0.25, -0.2) is 4.99 Å². The summed E-state index contributed by atoms with van der Waals surface area (Å²) in [5, 5.41) is 11.0. The summed E-state index contributed by atoms with van der Waals surface area (Å²) >= 11 is 0. The molecule has 2 N–H and O–H groups in total. The van der Waals surface area contributed by atoms with Gasteiger partial charge in [0.1, 0.15) is 5.76 Å². The van der Waals surface area contributed by atoms with Crippen molar-refractivity contribution >= 4 is 5.96 Å². The molecule has 1 aliphatic rings. The first-order valence-corrected chi connectivity index (χ1v) is 10.00. The highest BCUT2D eigenvalue weighted by Crippen LogP contribution is 2.16. The number of hydrogen-bond donors (Lipinski definition) is 2. The van der Waals surface area contributed by atoms with Crippen molar-refractivity contribution in [3.8, 4) is 0 Å². The number of nitrogens with zero attached hydrogens (tertiary/aromatic N) is 4. The number of likely N-dealkylation sites (N-methyl/N-ethyl adjacent to an activating group) is 1. The van der Waals surface area contributed by atoms with Crippen molar-refractivity contribution in [1.29, 1.82) is 0 Å². The van der Waals surface area contributed by atoms with E-state index >= 15 is 0 Å². The van der Waals surface area contributed by atoms with Crippen molar-refractivity contribution in [3.05, 3.63) is 17.0 Å². The van der Waals surface area contributed by atoms with Crippen LogP contribution in [0.1, 0.15) is 44.7 Å². The van der Waals surface area contributed by atoms with Gasteiger partial charge in [0.15, 0.2) is 5.96 Å². The molecule has 1 aromatic heterocycles. The van der Waals surface area contributed by atoms with Crippen LogP contribution in [0.5, 0.6) is 0 Å². The Morgan fingerprint density at radius 1 is 1.15 bits per heavy atom. The van der Waals surface area contributed by atoms with Gasteiger partial charge in [-0.2, -0.15) is 0 Å². The zero-order chi connectivity index (χ0) is 18.9. The van der Waals surface area contributed by atoms with E-state index in [1.807, 2.05) is 0 Å². The number of aryl methyl sites for hydroxylation is 2. The van der Waals surface area contributed by atoms with Gasteiger partial charge in [-0.15, -0.1) is 0 Å². The van der Waals surface area contributed by atoms with Crippen LogP contribution in [0.15, 0.2) is 9.52 Å². The molecule has 0 aliphatic carbocycles. The molecule has 1 fully saturated rings. The Morgan fingerprint density at radius 2 is 1.88 bits per heavy atom. The molecule has 26 heavy (non-hydrogen) atoms. The summed E-state index contributed by atoms with van der Waals surface area (Å²) in [6.45, 7) is 15.5. The van der Waals surface area contributed by atoms with Crippen LogP contribution >= 0.6 is 0 Å². The molecule has 1 unspecified atom stereocenters. The second-order valence-electron chi connectivity index (χ2n) is 7.00. The number of rotatable bonds is 8. The van der Waals surface area contributed by atoms with E-state index in [1.54, 1.807) is 0 Å². The minimum Gasteiger partial charge on any atom is -0.361 e. The van der Waals surface area contributed by atoms with Gasteiger partial charge in [0.05, 0.1) is 12.2 Å². The lowest BCUT2D eigenvalue weighted by Gasteiger charge is -2.36. The molecule has 7 nitrogen and oxygen atoms in total. The Kier molecular flexibility index (Phi) is 8.38. The summed E-state index contributed by atoms with van der Waals surface area (Å²) < 4.78 is 5.44. The maximum atomic E-state index is 5.44. The molecule has 1 atom stereocenters. The summed E-state index contributed by atoms with van der Waals surface area (Å²) in [6.07, 6.45) is 1.72. The topological polar surface area (TPSA) is 68.9 Å². The van der Waals surface area contributed by atoms with Gasteiger partial charge in [0, 0.05) is 57.3 Å². The third-order valence-corrected chi connectivity index (χ3v) is 5.07. The number of aromatic nitrogens is 1. The highest BCUT2D eigenvalue weighted by molar-refractivity contribution is 5.79. The SMILES string of the molecule is CCNC(=NCc1c(CC)noc1CC)NCC(C)N1CCN(C)CC1. The summed E-state index contributed by atoms with van der Waals surface area (Å²) in [7, 11) is 2.19. The Morgan fingerprint density at radius 3 is 2.50 bits per heavy atom. The smallest absolute Gasteiger partial charge is 0.191 e. The molecule has 7 heteroatoms. The van der Waals surface area contributed by atoms with Crippen molar-refractivity contribution in [3.63, 3.8) is 0 Å². The average Bonchev–Trinajstić information content (AvgIpc) is 3.06. The van der Waals surface area contributed by atoms with Crippen molar-refractivity contribution in [2.75, 3.05) is 46.3 Å². The van der Waals surface area contributed by atoms with Crippen LogP contribution in [-0.4, -0.2) is 73.3 Å². The summed E-state index contributed by atoms with van der Waals surface area (Å²) in [4.78, 5) is 9.70.